The minimum absolute atomic E-state index is 0.589. The molecule has 2 aromatic heterocycles. The molecular weight excluding hydrogens is 314 g/mol. The van der Waals surface area contributed by atoms with E-state index in [0.717, 1.165) is 61.0 Å². The summed E-state index contributed by atoms with van der Waals surface area (Å²) in [6.07, 6.45) is 6.14. The number of fused-ring (bicyclic) bond motifs is 1. The smallest absolute Gasteiger partial charge is 0.137 e. The van der Waals surface area contributed by atoms with E-state index >= 15 is 0 Å². The third-order valence-electron chi connectivity index (χ3n) is 4.75. The van der Waals surface area contributed by atoms with Gasteiger partial charge in [-0.3, -0.25) is 4.40 Å². The molecule has 1 aromatic carbocycles. The average Bonchev–Trinajstić information content (AvgIpc) is 3.10. The van der Waals surface area contributed by atoms with Gasteiger partial charge in [-0.2, -0.15) is 0 Å². The molecule has 1 aliphatic heterocycles. The lowest BCUT2D eigenvalue weighted by atomic mass is 10.0. The number of rotatable bonds is 5. The third kappa shape index (κ3) is 3.46. The number of imidazole rings is 1. The van der Waals surface area contributed by atoms with Gasteiger partial charge >= 0.3 is 0 Å². The van der Waals surface area contributed by atoms with Crippen LogP contribution in [0.2, 0.25) is 0 Å². The van der Waals surface area contributed by atoms with E-state index in [4.69, 9.17) is 9.47 Å². The second-order valence-corrected chi connectivity index (χ2v) is 6.43. The van der Waals surface area contributed by atoms with Crippen molar-refractivity contribution in [2.24, 2.45) is 5.92 Å². The van der Waals surface area contributed by atoms with Crippen LogP contribution in [0.4, 0.5) is 5.69 Å². The summed E-state index contributed by atoms with van der Waals surface area (Å²) in [5.74, 6) is 1.50. The Kier molecular flexibility index (Phi) is 4.57. The predicted molar refractivity (Wildman–Crippen MR) is 99.2 cm³/mol. The summed E-state index contributed by atoms with van der Waals surface area (Å²) in [7, 11) is 1.92. The largest absolute Gasteiger partial charge is 0.493 e. The van der Waals surface area contributed by atoms with E-state index in [1.165, 1.54) is 0 Å². The number of benzene rings is 1. The summed E-state index contributed by atoms with van der Waals surface area (Å²) >= 11 is 0. The van der Waals surface area contributed by atoms with Crippen LogP contribution in [0.3, 0.4) is 0 Å². The van der Waals surface area contributed by atoms with E-state index in [1.807, 2.05) is 37.5 Å². The van der Waals surface area contributed by atoms with Gasteiger partial charge in [0, 0.05) is 32.0 Å². The van der Waals surface area contributed by atoms with Gasteiger partial charge in [-0.05, 0) is 43.0 Å². The second-order valence-electron chi connectivity index (χ2n) is 6.43. The van der Waals surface area contributed by atoms with Gasteiger partial charge in [-0.15, -0.1) is 0 Å². The molecule has 0 spiro atoms. The first-order valence-corrected chi connectivity index (χ1v) is 8.79. The van der Waals surface area contributed by atoms with E-state index < -0.39 is 0 Å². The molecule has 3 heterocycles. The van der Waals surface area contributed by atoms with E-state index in [1.54, 1.807) is 0 Å². The summed E-state index contributed by atoms with van der Waals surface area (Å²) in [5, 5.41) is 3.17. The van der Waals surface area contributed by atoms with Gasteiger partial charge < -0.3 is 14.8 Å². The van der Waals surface area contributed by atoms with Crippen molar-refractivity contribution in [2.75, 3.05) is 32.2 Å². The van der Waals surface area contributed by atoms with Gasteiger partial charge in [0.1, 0.15) is 11.4 Å². The Balaban J connectivity index is 1.56. The molecule has 0 radical (unpaired) electrons. The molecule has 0 saturated carbocycles. The molecular formula is C20H23N3O2. The van der Waals surface area contributed by atoms with Crippen molar-refractivity contribution in [3.05, 3.63) is 48.8 Å². The summed E-state index contributed by atoms with van der Waals surface area (Å²) in [6.45, 7) is 2.46. The Hall–Kier alpha value is -2.53. The van der Waals surface area contributed by atoms with Crippen molar-refractivity contribution >= 4 is 11.3 Å². The predicted octanol–water partition coefficient (Wildman–Crippen LogP) is 3.85. The summed E-state index contributed by atoms with van der Waals surface area (Å²) in [5.41, 5.74) is 4.15. The van der Waals surface area contributed by atoms with E-state index in [2.05, 4.69) is 33.0 Å². The Morgan fingerprint density at radius 3 is 2.96 bits per heavy atom. The first-order valence-electron chi connectivity index (χ1n) is 8.79. The van der Waals surface area contributed by atoms with Crippen LogP contribution in [0.25, 0.3) is 16.9 Å². The van der Waals surface area contributed by atoms with Gasteiger partial charge in [0.05, 0.1) is 24.2 Å². The zero-order valence-corrected chi connectivity index (χ0v) is 14.4. The molecule has 1 saturated heterocycles. The Morgan fingerprint density at radius 1 is 1.24 bits per heavy atom. The number of nitrogens with zero attached hydrogens (tertiary/aromatic N) is 2. The number of ether oxygens (including phenoxy) is 2. The quantitative estimate of drug-likeness (QED) is 0.768. The standard InChI is InChI=1S/C20H23N3O2/c1-21-17-5-6-20-22-12-19(23(20)13-17)16-3-2-4-18(11-16)25-14-15-7-9-24-10-8-15/h2-6,11-13,15,21H,7-10,14H2,1H3. The second kappa shape index (κ2) is 7.15. The summed E-state index contributed by atoms with van der Waals surface area (Å²) in [6, 6.07) is 12.3. The van der Waals surface area contributed by atoms with Crippen molar-refractivity contribution in [2.45, 2.75) is 12.8 Å². The first-order chi connectivity index (χ1) is 12.3. The van der Waals surface area contributed by atoms with Crippen molar-refractivity contribution in [3.8, 4) is 17.0 Å². The maximum atomic E-state index is 6.04. The topological polar surface area (TPSA) is 47.8 Å². The number of pyridine rings is 1. The summed E-state index contributed by atoms with van der Waals surface area (Å²) < 4.78 is 13.6. The van der Waals surface area contributed by atoms with Gasteiger partial charge in [-0.1, -0.05) is 12.1 Å². The minimum Gasteiger partial charge on any atom is -0.493 e. The fourth-order valence-electron chi connectivity index (χ4n) is 3.21. The molecule has 5 nitrogen and oxygen atoms in total. The monoisotopic (exact) mass is 337 g/mol. The molecule has 5 heteroatoms. The molecule has 1 aliphatic rings. The molecule has 1 fully saturated rings. The van der Waals surface area contributed by atoms with Crippen LogP contribution >= 0.6 is 0 Å². The molecule has 130 valence electrons. The molecule has 25 heavy (non-hydrogen) atoms. The SMILES string of the molecule is CNc1ccc2ncc(-c3cccc(OCC4CCOCC4)c3)n2c1. The minimum atomic E-state index is 0.589. The van der Waals surface area contributed by atoms with Crippen molar-refractivity contribution in [1.82, 2.24) is 9.38 Å². The molecule has 4 rings (SSSR count). The van der Waals surface area contributed by atoms with E-state index in [0.29, 0.717) is 5.92 Å². The highest BCUT2D eigenvalue weighted by Gasteiger charge is 2.14. The van der Waals surface area contributed by atoms with Gasteiger partial charge in [0.15, 0.2) is 0 Å². The van der Waals surface area contributed by atoms with Crippen LogP contribution in [-0.4, -0.2) is 36.3 Å². The number of aromatic nitrogens is 2. The zero-order chi connectivity index (χ0) is 17.1. The van der Waals surface area contributed by atoms with Crippen LogP contribution in [0.5, 0.6) is 5.75 Å². The average molecular weight is 337 g/mol. The Labute approximate surface area is 147 Å². The Bertz CT molecular complexity index is 853. The lowest BCUT2D eigenvalue weighted by Crippen LogP contribution is -2.21. The van der Waals surface area contributed by atoms with Crippen molar-refractivity contribution in [3.63, 3.8) is 0 Å². The number of hydrogen-bond donors (Lipinski definition) is 1. The lowest BCUT2D eigenvalue weighted by molar-refractivity contribution is 0.0497. The highest BCUT2D eigenvalue weighted by Crippen LogP contribution is 2.26. The fraction of sp³-hybridized carbons (Fsp3) is 0.350. The molecule has 0 amide bonds. The summed E-state index contributed by atoms with van der Waals surface area (Å²) in [4.78, 5) is 4.50. The number of nitrogens with one attached hydrogen (secondary N) is 1. The maximum Gasteiger partial charge on any atom is 0.137 e. The van der Waals surface area contributed by atoms with Crippen molar-refractivity contribution < 1.29 is 9.47 Å². The van der Waals surface area contributed by atoms with Crippen LogP contribution in [0, 0.1) is 5.92 Å². The van der Waals surface area contributed by atoms with Crippen LogP contribution in [0.15, 0.2) is 48.8 Å². The lowest BCUT2D eigenvalue weighted by Gasteiger charge is -2.22. The number of anilines is 1. The van der Waals surface area contributed by atoms with Crippen LogP contribution < -0.4 is 10.1 Å². The van der Waals surface area contributed by atoms with Gasteiger partial charge in [0.25, 0.3) is 0 Å². The van der Waals surface area contributed by atoms with Crippen LogP contribution in [-0.2, 0) is 4.74 Å². The fourth-order valence-corrected chi connectivity index (χ4v) is 3.21. The highest BCUT2D eigenvalue weighted by atomic mass is 16.5. The van der Waals surface area contributed by atoms with E-state index in [-0.39, 0.29) is 0 Å². The highest BCUT2D eigenvalue weighted by molar-refractivity contribution is 5.66. The molecule has 0 bridgehead atoms. The van der Waals surface area contributed by atoms with Gasteiger partial charge in [0.2, 0.25) is 0 Å². The molecule has 1 N–H and O–H groups in total. The molecule has 0 aliphatic carbocycles. The molecule has 0 unspecified atom stereocenters. The molecule has 3 aromatic rings. The third-order valence-corrected chi connectivity index (χ3v) is 4.75. The van der Waals surface area contributed by atoms with E-state index in [9.17, 15) is 0 Å². The number of hydrogen-bond acceptors (Lipinski definition) is 4. The van der Waals surface area contributed by atoms with Crippen LogP contribution in [0.1, 0.15) is 12.8 Å². The van der Waals surface area contributed by atoms with Gasteiger partial charge in [-0.25, -0.2) is 4.98 Å². The zero-order valence-electron chi connectivity index (χ0n) is 14.4. The molecule has 0 atom stereocenters. The normalized spacial score (nSPS) is 15.4. The first kappa shape index (κ1) is 16.0. The Morgan fingerprint density at radius 2 is 2.12 bits per heavy atom. The van der Waals surface area contributed by atoms with Crippen molar-refractivity contribution in [1.29, 1.82) is 0 Å². The maximum absolute atomic E-state index is 6.04.